The number of esters is 1. The lowest BCUT2D eigenvalue weighted by molar-refractivity contribution is -0.138. The summed E-state index contributed by atoms with van der Waals surface area (Å²) in [6.07, 6.45) is -1.28. The maximum atomic E-state index is 12.7. The maximum absolute atomic E-state index is 12.7. The van der Waals surface area contributed by atoms with Gasteiger partial charge in [0.15, 0.2) is 0 Å². The molecule has 1 heterocycles. The van der Waals surface area contributed by atoms with Crippen LogP contribution in [0.15, 0.2) is 58.7 Å². The van der Waals surface area contributed by atoms with Crippen molar-refractivity contribution in [2.45, 2.75) is 33.6 Å². The van der Waals surface area contributed by atoms with Gasteiger partial charge in [-0.25, -0.2) is 9.78 Å². The zero-order valence-corrected chi connectivity index (χ0v) is 17.8. The second-order valence-electron chi connectivity index (χ2n) is 7.13. The molecule has 0 bridgehead atoms. The fraction of sp³-hybridized carbons (Fsp3) is 0.250. The van der Waals surface area contributed by atoms with E-state index in [1.54, 1.807) is 26.0 Å². The summed E-state index contributed by atoms with van der Waals surface area (Å²) in [5.74, 6) is 0.400. The molecule has 0 amide bonds. The highest BCUT2D eigenvalue weighted by molar-refractivity contribution is 5.93. The molecule has 0 unspecified atom stereocenters. The number of ether oxygens (including phenoxy) is 2. The predicted octanol–water partition coefficient (Wildman–Crippen LogP) is 6.21. The standard InChI is InChI=1S/C24H22F3NO4/c1-4-30-23(29)16(3)11-17-9-15(2)10-21(12-17)31-13-20-14-32-22(28-20)18-5-7-19(8-6-18)24(25,26)27/h5-12,14H,4,13H2,1-3H3. The summed E-state index contributed by atoms with van der Waals surface area (Å²) in [6.45, 7) is 5.74. The van der Waals surface area contributed by atoms with Crippen molar-refractivity contribution < 1.29 is 31.9 Å². The van der Waals surface area contributed by atoms with Gasteiger partial charge in [-0.15, -0.1) is 0 Å². The molecular formula is C24H22F3NO4. The zero-order valence-electron chi connectivity index (χ0n) is 17.8. The molecule has 32 heavy (non-hydrogen) atoms. The Kier molecular flexibility index (Phi) is 7.02. The number of aromatic nitrogens is 1. The Hall–Kier alpha value is -3.55. The van der Waals surface area contributed by atoms with E-state index < -0.39 is 11.7 Å². The number of hydrogen-bond donors (Lipinski definition) is 0. The molecule has 3 rings (SSSR count). The van der Waals surface area contributed by atoms with Crippen molar-refractivity contribution in [1.29, 1.82) is 0 Å². The Morgan fingerprint density at radius 1 is 1.16 bits per heavy atom. The highest BCUT2D eigenvalue weighted by Gasteiger charge is 2.30. The normalized spacial score (nSPS) is 12.0. The summed E-state index contributed by atoms with van der Waals surface area (Å²) in [4.78, 5) is 16.1. The number of rotatable bonds is 7. The Bertz CT molecular complexity index is 1120. The Balaban J connectivity index is 1.69. The van der Waals surface area contributed by atoms with E-state index in [0.29, 0.717) is 29.2 Å². The molecule has 3 aromatic rings. The molecule has 0 atom stereocenters. The monoisotopic (exact) mass is 445 g/mol. The molecule has 0 aliphatic rings. The minimum Gasteiger partial charge on any atom is -0.487 e. The van der Waals surface area contributed by atoms with E-state index in [1.807, 2.05) is 19.1 Å². The van der Waals surface area contributed by atoms with Crippen LogP contribution in [0.1, 0.15) is 36.2 Å². The van der Waals surface area contributed by atoms with Crippen LogP contribution in [0.4, 0.5) is 13.2 Å². The fourth-order valence-electron chi connectivity index (χ4n) is 2.96. The third-order valence-corrected chi connectivity index (χ3v) is 4.45. The fourth-order valence-corrected chi connectivity index (χ4v) is 2.96. The number of nitrogens with zero attached hydrogens (tertiary/aromatic N) is 1. The molecular weight excluding hydrogens is 423 g/mol. The summed E-state index contributed by atoms with van der Waals surface area (Å²) < 4.78 is 54.3. The number of halogens is 3. The largest absolute Gasteiger partial charge is 0.487 e. The van der Waals surface area contributed by atoms with Gasteiger partial charge in [-0.2, -0.15) is 13.2 Å². The van der Waals surface area contributed by atoms with Gasteiger partial charge < -0.3 is 13.9 Å². The highest BCUT2D eigenvalue weighted by atomic mass is 19.4. The number of oxazole rings is 1. The van der Waals surface area contributed by atoms with Crippen LogP contribution in [0.25, 0.3) is 17.5 Å². The van der Waals surface area contributed by atoms with Crippen LogP contribution in [0.2, 0.25) is 0 Å². The number of aryl methyl sites for hydroxylation is 1. The first-order valence-corrected chi connectivity index (χ1v) is 9.87. The molecule has 1 aromatic heterocycles. The lowest BCUT2D eigenvalue weighted by Crippen LogP contribution is -2.04. The highest BCUT2D eigenvalue weighted by Crippen LogP contribution is 2.31. The minimum absolute atomic E-state index is 0.105. The van der Waals surface area contributed by atoms with E-state index in [4.69, 9.17) is 13.9 Å². The van der Waals surface area contributed by atoms with Gasteiger partial charge in [0.05, 0.1) is 12.2 Å². The molecule has 0 spiro atoms. The van der Waals surface area contributed by atoms with Crippen LogP contribution in [-0.2, 0) is 22.3 Å². The van der Waals surface area contributed by atoms with E-state index in [1.165, 1.54) is 18.4 Å². The Labute approximate surface area is 183 Å². The molecule has 0 saturated carbocycles. The maximum Gasteiger partial charge on any atom is 0.416 e. The summed E-state index contributed by atoms with van der Waals surface area (Å²) >= 11 is 0. The summed E-state index contributed by atoms with van der Waals surface area (Å²) in [7, 11) is 0. The molecule has 8 heteroatoms. The molecule has 0 saturated heterocycles. The van der Waals surface area contributed by atoms with Crippen molar-refractivity contribution in [3.8, 4) is 17.2 Å². The number of benzene rings is 2. The molecule has 2 aromatic carbocycles. The van der Waals surface area contributed by atoms with E-state index in [0.717, 1.165) is 23.3 Å². The van der Waals surface area contributed by atoms with Crippen LogP contribution in [0.3, 0.4) is 0 Å². The number of alkyl halides is 3. The summed E-state index contributed by atoms with van der Waals surface area (Å²) in [5.41, 5.74) is 2.38. The number of carbonyl (C=O) groups is 1. The van der Waals surface area contributed by atoms with Crippen molar-refractivity contribution in [3.63, 3.8) is 0 Å². The Morgan fingerprint density at radius 2 is 1.88 bits per heavy atom. The van der Waals surface area contributed by atoms with Crippen molar-refractivity contribution in [2.75, 3.05) is 6.61 Å². The van der Waals surface area contributed by atoms with Crippen molar-refractivity contribution in [3.05, 3.63) is 76.7 Å². The van der Waals surface area contributed by atoms with Gasteiger partial charge in [0, 0.05) is 11.1 Å². The zero-order chi connectivity index (χ0) is 23.3. The first kappa shape index (κ1) is 23.1. The van der Waals surface area contributed by atoms with Gasteiger partial charge in [0.25, 0.3) is 0 Å². The number of hydrogen-bond acceptors (Lipinski definition) is 5. The van der Waals surface area contributed by atoms with E-state index in [-0.39, 0.29) is 18.5 Å². The smallest absolute Gasteiger partial charge is 0.416 e. The lowest BCUT2D eigenvalue weighted by atomic mass is 10.1. The molecule has 5 nitrogen and oxygen atoms in total. The topological polar surface area (TPSA) is 61.6 Å². The lowest BCUT2D eigenvalue weighted by Gasteiger charge is -2.08. The van der Waals surface area contributed by atoms with Gasteiger partial charge >= 0.3 is 12.1 Å². The average molecular weight is 445 g/mol. The Morgan fingerprint density at radius 3 is 2.53 bits per heavy atom. The quantitative estimate of drug-likeness (QED) is 0.319. The van der Waals surface area contributed by atoms with Crippen molar-refractivity contribution in [2.24, 2.45) is 0 Å². The predicted molar refractivity (Wildman–Crippen MR) is 113 cm³/mol. The molecule has 168 valence electrons. The molecule has 0 radical (unpaired) electrons. The van der Waals surface area contributed by atoms with Gasteiger partial charge in [-0.3, -0.25) is 0 Å². The van der Waals surface area contributed by atoms with Crippen LogP contribution < -0.4 is 4.74 Å². The van der Waals surface area contributed by atoms with Gasteiger partial charge in [-0.1, -0.05) is 6.07 Å². The van der Waals surface area contributed by atoms with Crippen LogP contribution in [-0.4, -0.2) is 17.6 Å². The second kappa shape index (κ2) is 9.72. The molecule has 0 fully saturated rings. The van der Waals surface area contributed by atoms with Gasteiger partial charge in [-0.05, 0) is 74.4 Å². The SMILES string of the molecule is CCOC(=O)C(C)=Cc1cc(C)cc(OCc2coc(-c3ccc(C(F)(F)F)cc3)n2)c1. The van der Waals surface area contributed by atoms with E-state index in [9.17, 15) is 18.0 Å². The van der Waals surface area contributed by atoms with Gasteiger partial charge in [0.2, 0.25) is 5.89 Å². The van der Waals surface area contributed by atoms with E-state index >= 15 is 0 Å². The number of carbonyl (C=O) groups excluding carboxylic acids is 1. The molecule has 0 aliphatic carbocycles. The molecule has 0 aliphatic heterocycles. The minimum atomic E-state index is -4.40. The van der Waals surface area contributed by atoms with Gasteiger partial charge in [0.1, 0.15) is 24.3 Å². The average Bonchev–Trinajstić information content (AvgIpc) is 3.20. The van der Waals surface area contributed by atoms with Crippen LogP contribution >= 0.6 is 0 Å². The first-order valence-electron chi connectivity index (χ1n) is 9.87. The third kappa shape index (κ3) is 6.00. The summed E-state index contributed by atoms with van der Waals surface area (Å²) in [5, 5.41) is 0. The summed E-state index contributed by atoms with van der Waals surface area (Å²) in [6, 6.07) is 10.1. The molecule has 0 N–H and O–H groups in total. The van der Waals surface area contributed by atoms with E-state index in [2.05, 4.69) is 4.98 Å². The second-order valence-corrected chi connectivity index (χ2v) is 7.13. The van der Waals surface area contributed by atoms with Crippen molar-refractivity contribution in [1.82, 2.24) is 4.98 Å². The van der Waals surface area contributed by atoms with Crippen molar-refractivity contribution >= 4 is 12.0 Å². The first-order chi connectivity index (χ1) is 15.2. The van der Waals surface area contributed by atoms with Crippen LogP contribution in [0, 0.1) is 6.92 Å². The third-order valence-electron chi connectivity index (χ3n) is 4.45. The van der Waals surface area contributed by atoms with Crippen LogP contribution in [0.5, 0.6) is 5.75 Å².